The van der Waals surface area contributed by atoms with Crippen LogP contribution < -0.4 is 0 Å². The van der Waals surface area contributed by atoms with Gasteiger partial charge in [-0.25, -0.2) is 0 Å². The second-order valence-corrected chi connectivity index (χ2v) is 15.2. The van der Waals surface area contributed by atoms with Crippen molar-refractivity contribution in [2.45, 2.75) is 133 Å². The SMILES string of the molecule is CC(=O)O[C@H]1CC[C@]2(C)C3=C(CC[C@@H]2C1(C)C)[C@@]1(C)CC[C@@]2(C)CC[C@@H](C)[C@H](C)[C@H]2[C@]1(C)CC3. The van der Waals surface area contributed by atoms with Gasteiger partial charge in [0.2, 0.25) is 0 Å². The number of carbonyl (C=O) groups excluding carboxylic acids is 1. The molecule has 0 spiro atoms. The van der Waals surface area contributed by atoms with Gasteiger partial charge in [0.05, 0.1) is 0 Å². The van der Waals surface area contributed by atoms with Crippen molar-refractivity contribution in [1.82, 2.24) is 0 Å². The summed E-state index contributed by atoms with van der Waals surface area (Å²) in [5.41, 5.74) is 5.33. The van der Waals surface area contributed by atoms with Crippen LogP contribution in [0.15, 0.2) is 11.1 Å². The van der Waals surface area contributed by atoms with Crippen LogP contribution in [-0.2, 0) is 9.53 Å². The van der Waals surface area contributed by atoms with Gasteiger partial charge < -0.3 is 4.74 Å². The number of hydrogen-bond donors (Lipinski definition) is 0. The Morgan fingerprint density at radius 2 is 1.53 bits per heavy atom. The molecule has 0 amide bonds. The third kappa shape index (κ3) is 3.08. The Bertz CT molecular complexity index is 899. The van der Waals surface area contributed by atoms with E-state index in [4.69, 9.17) is 4.74 Å². The molecule has 0 aromatic rings. The molecule has 0 aromatic carbocycles. The minimum absolute atomic E-state index is 0.0390. The Kier molecular flexibility index (Phi) is 5.57. The quantitative estimate of drug-likeness (QED) is 0.284. The van der Waals surface area contributed by atoms with Crippen LogP contribution in [0.5, 0.6) is 0 Å². The first-order chi connectivity index (χ1) is 15.7. The third-order valence-electron chi connectivity index (χ3n) is 13.5. The zero-order chi connectivity index (χ0) is 24.9. The van der Waals surface area contributed by atoms with Gasteiger partial charge >= 0.3 is 5.97 Å². The molecule has 0 aliphatic heterocycles. The molecule has 0 heterocycles. The zero-order valence-electron chi connectivity index (χ0n) is 23.8. The van der Waals surface area contributed by atoms with Crippen molar-refractivity contribution in [2.24, 2.45) is 50.7 Å². The molecular formula is C32H52O2. The molecule has 5 aliphatic carbocycles. The van der Waals surface area contributed by atoms with Crippen molar-refractivity contribution >= 4 is 5.97 Å². The lowest BCUT2D eigenvalue weighted by Crippen LogP contribution is -2.62. The highest BCUT2D eigenvalue weighted by atomic mass is 16.5. The van der Waals surface area contributed by atoms with Crippen LogP contribution in [-0.4, -0.2) is 12.1 Å². The molecule has 192 valence electrons. The van der Waals surface area contributed by atoms with Crippen molar-refractivity contribution < 1.29 is 9.53 Å². The van der Waals surface area contributed by atoms with E-state index >= 15 is 0 Å². The summed E-state index contributed by atoms with van der Waals surface area (Å²) in [5, 5.41) is 0. The predicted octanol–water partition coefficient (Wildman–Crippen LogP) is 8.74. The number of fused-ring (bicyclic) bond motifs is 6. The Morgan fingerprint density at radius 1 is 0.824 bits per heavy atom. The fraction of sp³-hybridized carbons (Fsp3) is 0.906. The smallest absolute Gasteiger partial charge is 0.302 e. The Morgan fingerprint density at radius 3 is 2.21 bits per heavy atom. The van der Waals surface area contributed by atoms with Crippen LogP contribution in [0.3, 0.4) is 0 Å². The maximum absolute atomic E-state index is 11.9. The van der Waals surface area contributed by atoms with E-state index in [2.05, 4.69) is 55.4 Å². The molecule has 0 aromatic heterocycles. The summed E-state index contributed by atoms with van der Waals surface area (Å²) in [6, 6.07) is 0. The summed E-state index contributed by atoms with van der Waals surface area (Å²) in [7, 11) is 0. The largest absolute Gasteiger partial charge is 0.462 e. The van der Waals surface area contributed by atoms with E-state index in [0.717, 1.165) is 24.2 Å². The Hall–Kier alpha value is -0.790. The average Bonchev–Trinajstić information content (AvgIpc) is 2.74. The van der Waals surface area contributed by atoms with E-state index < -0.39 is 0 Å². The van der Waals surface area contributed by atoms with Crippen molar-refractivity contribution in [2.75, 3.05) is 0 Å². The van der Waals surface area contributed by atoms with E-state index in [-0.39, 0.29) is 22.9 Å². The topological polar surface area (TPSA) is 26.3 Å². The number of ether oxygens (including phenoxy) is 1. The van der Waals surface area contributed by atoms with E-state index in [1.807, 2.05) is 11.1 Å². The van der Waals surface area contributed by atoms with Gasteiger partial charge in [-0.1, -0.05) is 66.5 Å². The summed E-state index contributed by atoms with van der Waals surface area (Å²) in [5.74, 6) is 3.03. The molecule has 3 fully saturated rings. The van der Waals surface area contributed by atoms with Gasteiger partial charge in [-0.2, -0.15) is 0 Å². The summed E-state index contributed by atoms with van der Waals surface area (Å²) in [6.45, 7) is 22.2. The standard InChI is InChI=1S/C32H52O2/c1-20-12-15-29(6)18-19-31(8)24-10-11-25-28(4,5)26(34-22(3)33)14-16-30(25,7)23(24)13-17-32(31,9)27(29)21(20)2/h20-21,25-27H,10-19H2,1-9H3/t20-,21+,25-,26+,27-,29-,30-,31-,32+/m1/s1. The lowest BCUT2D eigenvalue weighted by Gasteiger charge is -2.70. The number of allylic oxidation sites excluding steroid dienone is 2. The van der Waals surface area contributed by atoms with Crippen molar-refractivity contribution in [3.63, 3.8) is 0 Å². The highest BCUT2D eigenvalue weighted by Crippen LogP contribution is 2.75. The van der Waals surface area contributed by atoms with Crippen LogP contribution >= 0.6 is 0 Å². The van der Waals surface area contributed by atoms with Crippen LogP contribution in [0, 0.1) is 50.7 Å². The molecule has 2 heteroatoms. The zero-order valence-corrected chi connectivity index (χ0v) is 23.8. The summed E-state index contributed by atoms with van der Waals surface area (Å²) in [4.78, 5) is 11.9. The van der Waals surface area contributed by atoms with E-state index in [1.54, 1.807) is 6.92 Å². The van der Waals surface area contributed by atoms with Gasteiger partial charge in [0.25, 0.3) is 0 Å². The maximum atomic E-state index is 11.9. The van der Waals surface area contributed by atoms with Gasteiger partial charge in [-0.3, -0.25) is 4.79 Å². The third-order valence-corrected chi connectivity index (χ3v) is 13.5. The van der Waals surface area contributed by atoms with Gasteiger partial charge in [0.1, 0.15) is 6.10 Å². The number of carbonyl (C=O) groups is 1. The predicted molar refractivity (Wildman–Crippen MR) is 140 cm³/mol. The number of hydrogen-bond acceptors (Lipinski definition) is 2. The van der Waals surface area contributed by atoms with Gasteiger partial charge in [0, 0.05) is 12.3 Å². The molecular weight excluding hydrogens is 416 g/mol. The van der Waals surface area contributed by atoms with Crippen LogP contribution in [0.1, 0.15) is 127 Å². The van der Waals surface area contributed by atoms with Gasteiger partial charge in [-0.05, 0) is 110 Å². The molecule has 9 atom stereocenters. The van der Waals surface area contributed by atoms with Gasteiger partial charge in [-0.15, -0.1) is 0 Å². The number of esters is 1. The summed E-state index contributed by atoms with van der Waals surface area (Å²) in [6.07, 6.45) is 13.1. The second-order valence-electron chi connectivity index (χ2n) is 15.2. The van der Waals surface area contributed by atoms with Crippen molar-refractivity contribution in [3.05, 3.63) is 11.1 Å². The summed E-state index contributed by atoms with van der Waals surface area (Å²) < 4.78 is 5.90. The first-order valence-electron chi connectivity index (χ1n) is 14.6. The van der Waals surface area contributed by atoms with E-state index in [1.165, 1.54) is 57.8 Å². The molecule has 3 saturated carbocycles. The fourth-order valence-electron chi connectivity index (χ4n) is 11.4. The Balaban J connectivity index is 1.56. The highest BCUT2D eigenvalue weighted by Gasteiger charge is 2.66. The van der Waals surface area contributed by atoms with Gasteiger partial charge in [0.15, 0.2) is 0 Å². The molecule has 5 aliphatic rings. The molecule has 0 bridgehead atoms. The lowest BCUT2D eigenvalue weighted by molar-refractivity contribution is -0.174. The van der Waals surface area contributed by atoms with Crippen molar-refractivity contribution in [3.8, 4) is 0 Å². The molecule has 0 N–H and O–H groups in total. The highest BCUT2D eigenvalue weighted by molar-refractivity contribution is 5.66. The monoisotopic (exact) mass is 468 g/mol. The fourth-order valence-corrected chi connectivity index (χ4v) is 11.4. The normalized spacial score (nSPS) is 52.1. The van der Waals surface area contributed by atoms with Crippen LogP contribution in [0.2, 0.25) is 0 Å². The molecule has 0 saturated heterocycles. The minimum Gasteiger partial charge on any atom is -0.462 e. The first kappa shape index (κ1) is 24.9. The second kappa shape index (κ2) is 7.61. The molecule has 0 unspecified atom stereocenters. The number of rotatable bonds is 1. The Labute approximate surface area is 210 Å². The molecule has 34 heavy (non-hydrogen) atoms. The van der Waals surface area contributed by atoms with Crippen LogP contribution in [0.4, 0.5) is 0 Å². The van der Waals surface area contributed by atoms with Crippen LogP contribution in [0.25, 0.3) is 0 Å². The molecule has 5 rings (SSSR count). The molecule has 2 nitrogen and oxygen atoms in total. The lowest BCUT2D eigenvalue weighted by atomic mass is 9.35. The minimum atomic E-state index is -0.112. The van der Waals surface area contributed by atoms with E-state index in [9.17, 15) is 4.79 Å². The maximum Gasteiger partial charge on any atom is 0.302 e. The summed E-state index contributed by atoms with van der Waals surface area (Å²) >= 11 is 0. The average molecular weight is 469 g/mol. The van der Waals surface area contributed by atoms with E-state index in [0.29, 0.717) is 22.2 Å². The molecule has 0 radical (unpaired) electrons. The first-order valence-corrected chi connectivity index (χ1v) is 14.6. The van der Waals surface area contributed by atoms with Crippen molar-refractivity contribution in [1.29, 1.82) is 0 Å².